The van der Waals surface area contributed by atoms with E-state index in [4.69, 9.17) is 0 Å². The average Bonchev–Trinajstić information content (AvgIpc) is 3.16. The molecular weight excluding hydrogens is 497 g/mol. The van der Waals surface area contributed by atoms with Crippen LogP contribution in [-0.4, -0.2) is 38.0 Å². The number of aromatic nitrogens is 3. The van der Waals surface area contributed by atoms with E-state index in [1.54, 1.807) is 12.1 Å². The van der Waals surface area contributed by atoms with Gasteiger partial charge in [-0.1, -0.05) is 42.3 Å². The van der Waals surface area contributed by atoms with Crippen molar-refractivity contribution in [1.82, 2.24) is 14.5 Å². The second-order valence-corrected chi connectivity index (χ2v) is 9.74. The van der Waals surface area contributed by atoms with Crippen molar-refractivity contribution >= 4 is 22.8 Å². The Hall–Kier alpha value is -4.08. The number of hydrogen-bond donors (Lipinski definition) is 2. The van der Waals surface area contributed by atoms with E-state index in [2.05, 4.69) is 26.9 Å². The van der Waals surface area contributed by atoms with Crippen LogP contribution < -0.4 is 10.1 Å². The molecule has 1 atom stereocenters. The molecule has 0 radical (unpaired) electrons. The topological polar surface area (TPSA) is 89.3 Å². The summed E-state index contributed by atoms with van der Waals surface area (Å²) in [4.78, 5) is 20.6. The van der Waals surface area contributed by atoms with Crippen molar-refractivity contribution in [2.75, 3.05) is 5.32 Å². The Labute approximate surface area is 217 Å². The van der Waals surface area contributed by atoms with Crippen LogP contribution in [-0.2, 0) is 6.54 Å². The summed E-state index contributed by atoms with van der Waals surface area (Å²) in [6.07, 6.45) is -1.42. The fraction of sp³-hybridized carbons (Fsp3) is 0.321. The lowest BCUT2D eigenvalue weighted by atomic mass is 9.80. The summed E-state index contributed by atoms with van der Waals surface area (Å²) in [7, 11) is 0. The number of aromatic carboxylic acids is 1. The summed E-state index contributed by atoms with van der Waals surface area (Å²) < 4.78 is 43.9. The lowest BCUT2D eigenvalue weighted by Gasteiger charge is -2.32. The quantitative estimate of drug-likeness (QED) is 0.268. The van der Waals surface area contributed by atoms with Gasteiger partial charge in [0.05, 0.1) is 11.2 Å². The van der Waals surface area contributed by atoms with Crippen molar-refractivity contribution in [2.24, 2.45) is 5.92 Å². The second kappa shape index (κ2) is 10.00. The van der Waals surface area contributed by atoms with Crippen molar-refractivity contribution in [3.05, 3.63) is 71.5 Å². The number of nitrogens with zero attached hydrogens (tertiary/aromatic N) is 3. The molecule has 2 aromatic heterocycles. The third kappa shape index (κ3) is 5.44. The fourth-order valence-electron chi connectivity index (χ4n) is 4.82. The number of benzene rings is 2. The first-order valence-electron chi connectivity index (χ1n) is 12.4. The van der Waals surface area contributed by atoms with Crippen LogP contribution in [0.5, 0.6) is 5.75 Å². The lowest BCUT2D eigenvalue weighted by molar-refractivity contribution is -0.274. The maximum atomic E-state index is 12.6. The van der Waals surface area contributed by atoms with Crippen molar-refractivity contribution < 1.29 is 27.8 Å². The van der Waals surface area contributed by atoms with E-state index >= 15 is 0 Å². The van der Waals surface area contributed by atoms with Crippen LogP contribution in [0, 0.1) is 12.8 Å². The summed E-state index contributed by atoms with van der Waals surface area (Å²) in [5, 5.41) is 13.1. The van der Waals surface area contributed by atoms with Gasteiger partial charge in [-0.15, -0.1) is 13.2 Å². The molecule has 1 aliphatic carbocycles. The van der Waals surface area contributed by atoms with Crippen LogP contribution >= 0.6 is 0 Å². The molecule has 0 saturated heterocycles. The van der Waals surface area contributed by atoms with Gasteiger partial charge in [0.15, 0.2) is 5.82 Å². The molecule has 198 valence electrons. The molecule has 1 aliphatic rings. The highest BCUT2D eigenvalue weighted by Crippen LogP contribution is 2.35. The molecule has 5 rings (SSSR count). The second-order valence-electron chi connectivity index (χ2n) is 9.74. The molecule has 2 N–H and O–H groups in total. The number of aryl methyl sites for hydroxylation is 1. The Morgan fingerprint density at radius 1 is 1.16 bits per heavy atom. The highest BCUT2D eigenvalue weighted by Gasteiger charge is 2.31. The van der Waals surface area contributed by atoms with E-state index in [0.717, 1.165) is 41.6 Å². The summed E-state index contributed by atoms with van der Waals surface area (Å²) in [5.74, 6) is -0.945. The lowest BCUT2D eigenvalue weighted by Crippen LogP contribution is -2.31. The number of ether oxygens (including phenoxy) is 1. The Morgan fingerprint density at radius 3 is 2.50 bits per heavy atom. The highest BCUT2D eigenvalue weighted by molar-refractivity contribution is 5.95. The zero-order chi connectivity index (χ0) is 27.0. The highest BCUT2D eigenvalue weighted by atomic mass is 19.4. The SMILES string of the molecule is Cc1cccc(-c2cc3nc(C(=O)O)nc(N[C@H](C)C4CCC4)c3n2Cc2ccc(OC(F)(F)F)cc2)c1. The van der Waals surface area contributed by atoms with Gasteiger partial charge >= 0.3 is 12.3 Å². The summed E-state index contributed by atoms with van der Waals surface area (Å²) in [5.41, 5.74) is 4.56. The van der Waals surface area contributed by atoms with Crippen LogP contribution in [0.4, 0.5) is 19.0 Å². The molecule has 0 unspecified atom stereocenters. The van der Waals surface area contributed by atoms with E-state index in [1.165, 1.54) is 12.1 Å². The third-order valence-corrected chi connectivity index (χ3v) is 6.97. The van der Waals surface area contributed by atoms with Gasteiger partial charge in [0.2, 0.25) is 5.82 Å². The summed E-state index contributed by atoms with van der Waals surface area (Å²) in [6, 6.07) is 15.5. The number of halogens is 3. The zero-order valence-electron chi connectivity index (χ0n) is 20.9. The van der Waals surface area contributed by atoms with Crippen LogP contribution in [0.1, 0.15) is 47.9 Å². The van der Waals surface area contributed by atoms with Crippen LogP contribution in [0.2, 0.25) is 0 Å². The van der Waals surface area contributed by atoms with Crippen molar-refractivity contribution in [3.8, 4) is 17.0 Å². The van der Waals surface area contributed by atoms with Crippen LogP contribution in [0.25, 0.3) is 22.3 Å². The number of fused-ring (bicyclic) bond motifs is 1. The molecule has 7 nitrogen and oxygen atoms in total. The maximum Gasteiger partial charge on any atom is 0.573 e. The van der Waals surface area contributed by atoms with Gasteiger partial charge in [0.25, 0.3) is 0 Å². The third-order valence-electron chi connectivity index (χ3n) is 6.97. The van der Waals surface area contributed by atoms with Gasteiger partial charge in [-0.3, -0.25) is 0 Å². The number of carboxylic acid groups (broad SMARTS) is 1. The van der Waals surface area contributed by atoms with Gasteiger partial charge in [0, 0.05) is 12.6 Å². The molecule has 10 heteroatoms. The average molecular weight is 525 g/mol. The fourth-order valence-corrected chi connectivity index (χ4v) is 4.82. The number of nitrogens with one attached hydrogen (secondary N) is 1. The van der Waals surface area contributed by atoms with Crippen molar-refractivity contribution in [1.29, 1.82) is 0 Å². The van der Waals surface area contributed by atoms with E-state index in [-0.39, 0.29) is 17.6 Å². The molecule has 38 heavy (non-hydrogen) atoms. The molecule has 0 spiro atoms. The number of alkyl halides is 3. The largest absolute Gasteiger partial charge is 0.573 e. The predicted molar refractivity (Wildman–Crippen MR) is 137 cm³/mol. The van der Waals surface area contributed by atoms with Gasteiger partial charge in [-0.25, -0.2) is 14.8 Å². The Bertz CT molecular complexity index is 1480. The molecule has 1 saturated carbocycles. The molecule has 0 amide bonds. The van der Waals surface area contributed by atoms with Crippen LogP contribution in [0.3, 0.4) is 0 Å². The number of rotatable bonds is 8. The Balaban J connectivity index is 1.64. The number of carboxylic acids is 1. The van der Waals surface area contributed by atoms with Gasteiger partial charge in [-0.05, 0) is 68.0 Å². The van der Waals surface area contributed by atoms with Crippen LogP contribution in [0.15, 0.2) is 54.6 Å². The van der Waals surface area contributed by atoms with Gasteiger partial charge < -0.3 is 19.7 Å². The van der Waals surface area contributed by atoms with Gasteiger partial charge in [0.1, 0.15) is 11.3 Å². The predicted octanol–water partition coefficient (Wildman–Crippen LogP) is 6.65. The van der Waals surface area contributed by atoms with Crippen molar-refractivity contribution in [2.45, 2.75) is 52.1 Å². The van der Waals surface area contributed by atoms with Gasteiger partial charge in [-0.2, -0.15) is 0 Å². The zero-order valence-corrected chi connectivity index (χ0v) is 20.9. The molecule has 4 aromatic rings. The minimum absolute atomic E-state index is 0.0769. The molecule has 1 fully saturated rings. The first kappa shape index (κ1) is 25.6. The van der Waals surface area contributed by atoms with E-state index in [1.807, 2.05) is 41.8 Å². The van der Waals surface area contributed by atoms with E-state index < -0.39 is 12.3 Å². The molecule has 0 aliphatic heterocycles. The molecule has 0 bridgehead atoms. The number of hydrogen-bond acceptors (Lipinski definition) is 5. The van der Waals surface area contributed by atoms with E-state index in [9.17, 15) is 23.1 Å². The Kier molecular flexibility index (Phi) is 6.73. The Morgan fingerprint density at radius 2 is 1.89 bits per heavy atom. The normalized spacial score (nSPS) is 14.8. The summed E-state index contributed by atoms with van der Waals surface area (Å²) >= 11 is 0. The van der Waals surface area contributed by atoms with Crippen molar-refractivity contribution in [3.63, 3.8) is 0 Å². The monoisotopic (exact) mass is 524 g/mol. The standard InChI is InChI=1S/C28H27F3N4O3/c1-16-5-3-8-20(13-16)23-14-22-24(35(23)15-18-9-11-21(12-10-18)38-28(29,30)31)25(34-26(33-22)27(36)37)32-17(2)19-6-4-7-19/h3,5,8-14,17,19H,4,6-7,15H2,1-2H3,(H,36,37)(H,32,33,34)/t17-/m1/s1. The minimum atomic E-state index is -4.77. The number of anilines is 1. The first-order chi connectivity index (χ1) is 18.1. The molecule has 2 aromatic carbocycles. The summed E-state index contributed by atoms with van der Waals surface area (Å²) in [6.45, 7) is 4.33. The maximum absolute atomic E-state index is 12.6. The molecule has 2 heterocycles. The van der Waals surface area contributed by atoms with E-state index in [0.29, 0.717) is 29.3 Å². The minimum Gasteiger partial charge on any atom is -0.475 e. The first-order valence-corrected chi connectivity index (χ1v) is 12.4. The molecular formula is C28H27F3N4O3. The smallest absolute Gasteiger partial charge is 0.475 e. The number of carbonyl (C=O) groups is 1.